The van der Waals surface area contributed by atoms with E-state index in [4.69, 9.17) is 0 Å². The number of rotatable bonds is 3. The summed E-state index contributed by atoms with van der Waals surface area (Å²) in [4.78, 5) is 11.5. The topological polar surface area (TPSA) is 57.8 Å². The fourth-order valence-electron chi connectivity index (χ4n) is 1.19. The highest BCUT2D eigenvalue weighted by Gasteiger charge is 2.16. The predicted molar refractivity (Wildman–Crippen MR) is 69.9 cm³/mol. The predicted octanol–water partition coefficient (Wildman–Crippen LogP) is 2.78. The first kappa shape index (κ1) is 13.2. The number of aromatic nitrogens is 2. The van der Waals surface area contributed by atoms with Crippen LogP contribution in [0.1, 0.15) is 33.4 Å². The Morgan fingerprint density at radius 3 is 2.65 bits per heavy atom. The van der Waals surface area contributed by atoms with Crippen LogP contribution in [0, 0.1) is 0 Å². The Bertz CT molecular complexity index is 436. The smallest absolute Gasteiger partial charge is 0.249 e. The van der Waals surface area contributed by atoms with Crippen LogP contribution >= 0.6 is 0 Å². The van der Waals surface area contributed by atoms with Crippen LogP contribution in [0.25, 0.3) is 0 Å². The lowest BCUT2D eigenvalue weighted by Crippen LogP contribution is -2.11. The molecule has 0 unspecified atom stereocenters. The molecule has 2 N–H and O–H groups in total. The molecule has 1 heterocycles. The summed E-state index contributed by atoms with van der Waals surface area (Å²) in [6.07, 6.45) is 6.80. The SMILES string of the molecule is CC=CC=CC(=O)Nc1cc(C(C)(C)C)[nH]n1. The van der Waals surface area contributed by atoms with Crippen molar-refractivity contribution in [1.82, 2.24) is 10.2 Å². The molecule has 1 amide bonds. The van der Waals surface area contributed by atoms with Gasteiger partial charge in [-0.15, -0.1) is 0 Å². The number of hydrogen-bond acceptors (Lipinski definition) is 2. The largest absolute Gasteiger partial charge is 0.306 e. The molecule has 1 aromatic rings. The van der Waals surface area contributed by atoms with E-state index in [2.05, 4.69) is 36.3 Å². The third-order valence-corrected chi connectivity index (χ3v) is 2.19. The second-order valence-electron chi connectivity index (χ2n) is 4.79. The van der Waals surface area contributed by atoms with E-state index in [-0.39, 0.29) is 11.3 Å². The number of hydrogen-bond donors (Lipinski definition) is 2. The Morgan fingerprint density at radius 2 is 2.12 bits per heavy atom. The molecule has 0 bridgehead atoms. The van der Waals surface area contributed by atoms with Crippen LogP contribution in [-0.2, 0) is 10.2 Å². The standard InChI is InChI=1S/C13H19N3O/c1-5-6-7-8-12(17)14-11-9-10(15-16-11)13(2,3)4/h5-9H,1-4H3,(H2,14,15,16,17). The molecule has 0 saturated carbocycles. The van der Waals surface area contributed by atoms with Gasteiger partial charge < -0.3 is 5.32 Å². The fraction of sp³-hybridized carbons (Fsp3) is 0.385. The van der Waals surface area contributed by atoms with Gasteiger partial charge in [0.2, 0.25) is 5.91 Å². The molecule has 0 aliphatic carbocycles. The molecule has 0 aliphatic heterocycles. The van der Waals surface area contributed by atoms with Gasteiger partial charge in [0.15, 0.2) is 5.82 Å². The highest BCUT2D eigenvalue weighted by atomic mass is 16.1. The van der Waals surface area contributed by atoms with Gasteiger partial charge in [-0.05, 0) is 6.92 Å². The lowest BCUT2D eigenvalue weighted by atomic mass is 9.92. The molecular weight excluding hydrogens is 214 g/mol. The minimum absolute atomic E-state index is 0.00321. The third-order valence-electron chi connectivity index (χ3n) is 2.19. The Labute approximate surface area is 102 Å². The van der Waals surface area contributed by atoms with E-state index >= 15 is 0 Å². The molecule has 0 fully saturated rings. The maximum absolute atomic E-state index is 11.5. The quantitative estimate of drug-likeness (QED) is 0.623. The number of carbonyl (C=O) groups is 1. The van der Waals surface area contributed by atoms with E-state index in [0.717, 1.165) is 5.69 Å². The lowest BCUT2D eigenvalue weighted by molar-refractivity contribution is -0.111. The van der Waals surface area contributed by atoms with Crippen molar-refractivity contribution in [3.05, 3.63) is 36.1 Å². The van der Waals surface area contributed by atoms with E-state index < -0.39 is 0 Å². The summed E-state index contributed by atoms with van der Waals surface area (Å²) >= 11 is 0. The second-order valence-corrected chi connectivity index (χ2v) is 4.79. The molecule has 4 nitrogen and oxygen atoms in total. The first-order valence-corrected chi connectivity index (χ1v) is 5.59. The molecule has 4 heteroatoms. The Balaban J connectivity index is 2.64. The van der Waals surface area contributed by atoms with Gasteiger partial charge in [0.25, 0.3) is 0 Å². The van der Waals surface area contributed by atoms with E-state index in [1.165, 1.54) is 6.08 Å². The summed E-state index contributed by atoms with van der Waals surface area (Å²) in [6.45, 7) is 8.14. The second kappa shape index (κ2) is 5.48. The molecular formula is C13H19N3O. The summed E-state index contributed by atoms with van der Waals surface area (Å²) < 4.78 is 0. The third kappa shape index (κ3) is 4.26. The summed E-state index contributed by atoms with van der Waals surface area (Å²) in [5.74, 6) is 0.361. The minimum atomic E-state index is -0.185. The fourth-order valence-corrected chi connectivity index (χ4v) is 1.19. The van der Waals surface area contributed by atoms with E-state index in [0.29, 0.717) is 5.82 Å². The number of nitrogens with zero attached hydrogens (tertiary/aromatic N) is 1. The number of anilines is 1. The van der Waals surface area contributed by atoms with E-state index in [1.54, 1.807) is 12.2 Å². The Hall–Kier alpha value is -1.84. The minimum Gasteiger partial charge on any atom is -0.306 e. The zero-order chi connectivity index (χ0) is 12.9. The molecule has 92 valence electrons. The molecule has 0 aromatic carbocycles. The van der Waals surface area contributed by atoms with Crippen molar-refractivity contribution in [2.75, 3.05) is 5.32 Å². The van der Waals surface area contributed by atoms with E-state index in [9.17, 15) is 4.79 Å². The molecule has 0 aliphatic rings. The zero-order valence-corrected chi connectivity index (χ0v) is 10.7. The number of H-pyrrole nitrogens is 1. The van der Waals surface area contributed by atoms with Gasteiger partial charge in [0.05, 0.1) is 0 Å². The number of amides is 1. The van der Waals surface area contributed by atoms with Crippen LogP contribution in [-0.4, -0.2) is 16.1 Å². The van der Waals surface area contributed by atoms with Crippen LogP contribution in [0.3, 0.4) is 0 Å². The summed E-state index contributed by atoms with van der Waals surface area (Å²) in [5.41, 5.74) is 0.988. The van der Waals surface area contributed by atoms with Crippen molar-refractivity contribution < 1.29 is 4.79 Å². The first-order valence-electron chi connectivity index (χ1n) is 5.59. The first-order chi connectivity index (χ1) is 7.93. The normalized spacial score (nSPS) is 12.5. The number of allylic oxidation sites excluding steroid dienone is 3. The average molecular weight is 233 g/mol. The van der Waals surface area contributed by atoms with Crippen LogP contribution in [0.4, 0.5) is 5.82 Å². The lowest BCUT2D eigenvalue weighted by Gasteiger charge is -2.14. The maximum atomic E-state index is 11.5. The van der Waals surface area contributed by atoms with Crippen molar-refractivity contribution in [3.8, 4) is 0 Å². The van der Waals surface area contributed by atoms with Crippen molar-refractivity contribution in [3.63, 3.8) is 0 Å². The molecule has 0 radical (unpaired) electrons. The van der Waals surface area contributed by atoms with Gasteiger partial charge in [-0.1, -0.05) is 39.0 Å². The van der Waals surface area contributed by atoms with Gasteiger partial charge in [-0.3, -0.25) is 9.89 Å². The molecule has 1 aromatic heterocycles. The van der Waals surface area contributed by atoms with Crippen LogP contribution in [0.5, 0.6) is 0 Å². The zero-order valence-electron chi connectivity index (χ0n) is 10.7. The monoisotopic (exact) mass is 233 g/mol. The molecule has 0 saturated heterocycles. The van der Waals surface area contributed by atoms with Crippen LogP contribution < -0.4 is 5.32 Å². The molecule has 0 spiro atoms. The summed E-state index contributed by atoms with van der Waals surface area (Å²) in [7, 11) is 0. The van der Waals surface area contributed by atoms with Gasteiger partial charge in [-0.25, -0.2) is 0 Å². The highest BCUT2D eigenvalue weighted by molar-refractivity contribution is 5.98. The molecule has 0 atom stereocenters. The van der Waals surface area contributed by atoms with Crippen molar-refractivity contribution >= 4 is 11.7 Å². The van der Waals surface area contributed by atoms with Gasteiger partial charge >= 0.3 is 0 Å². The van der Waals surface area contributed by atoms with Crippen molar-refractivity contribution in [2.45, 2.75) is 33.1 Å². The molecule has 1 rings (SSSR count). The Morgan fingerprint density at radius 1 is 1.41 bits per heavy atom. The van der Waals surface area contributed by atoms with Crippen LogP contribution in [0.2, 0.25) is 0 Å². The van der Waals surface area contributed by atoms with Crippen molar-refractivity contribution in [1.29, 1.82) is 0 Å². The van der Waals surface area contributed by atoms with Crippen LogP contribution in [0.15, 0.2) is 30.4 Å². The average Bonchev–Trinajstić information content (AvgIpc) is 2.66. The molecule has 17 heavy (non-hydrogen) atoms. The van der Waals surface area contributed by atoms with Crippen molar-refractivity contribution in [2.24, 2.45) is 0 Å². The number of nitrogens with one attached hydrogen (secondary N) is 2. The Kier molecular flexibility index (Phi) is 4.26. The van der Waals surface area contributed by atoms with Gasteiger partial charge in [0.1, 0.15) is 0 Å². The van der Waals surface area contributed by atoms with E-state index in [1.807, 2.05) is 19.1 Å². The maximum Gasteiger partial charge on any atom is 0.249 e. The van der Waals surface area contributed by atoms with Gasteiger partial charge in [0, 0.05) is 23.3 Å². The summed E-state index contributed by atoms with van der Waals surface area (Å²) in [5, 5.41) is 9.65. The van der Waals surface area contributed by atoms with Gasteiger partial charge in [-0.2, -0.15) is 5.10 Å². The number of carbonyl (C=O) groups excluding carboxylic acids is 1. The number of aromatic amines is 1. The summed E-state index contributed by atoms with van der Waals surface area (Å²) in [6, 6.07) is 1.85. The highest BCUT2D eigenvalue weighted by Crippen LogP contribution is 2.21.